The smallest absolute Gasteiger partial charge is 0.270 e. The third-order valence-corrected chi connectivity index (χ3v) is 22.2. The number of hydrogen-bond donors (Lipinski definition) is 3. The van der Waals surface area contributed by atoms with Gasteiger partial charge in [-0.05, 0) is 142 Å². The number of piperazine rings is 2. The number of likely N-dealkylation sites (N-methyl/N-ethyl adjacent to an activating group) is 2. The van der Waals surface area contributed by atoms with Crippen molar-refractivity contribution in [3.8, 4) is 24.3 Å². The van der Waals surface area contributed by atoms with E-state index in [-0.39, 0.29) is 56.7 Å². The molecule has 31 heteroatoms. The van der Waals surface area contributed by atoms with Gasteiger partial charge in [0.1, 0.15) is 69.1 Å². The van der Waals surface area contributed by atoms with Crippen LogP contribution in [0.3, 0.4) is 0 Å². The molecule has 0 radical (unpaired) electrons. The molecule has 0 amide bonds. The van der Waals surface area contributed by atoms with Crippen LogP contribution in [0.4, 0.5) is 28.7 Å². The number of aromatic nitrogens is 12. The highest BCUT2D eigenvalue weighted by molar-refractivity contribution is 9.08. The average molecular weight is 1710 g/mol. The van der Waals surface area contributed by atoms with Gasteiger partial charge in [0.25, 0.3) is 22.2 Å². The highest BCUT2D eigenvalue weighted by Gasteiger charge is 2.23. The van der Waals surface area contributed by atoms with Crippen LogP contribution in [0, 0.1) is 45.3 Å². The normalized spacial score (nSPS) is 13.5. The number of anilines is 5. The molecule has 2 aliphatic rings. The fourth-order valence-corrected chi connectivity index (χ4v) is 14.5. The van der Waals surface area contributed by atoms with Crippen molar-refractivity contribution < 1.29 is 4.21 Å². The van der Waals surface area contributed by atoms with Crippen molar-refractivity contribution in [3.05, 3.63) is 305 Å². The number of thioether (sulfide) groups is 2. The van der Waals surface area contributed by atoms with Crippen LogP contribution in [0.1, 0.15) is 83.4 Å². The van der Waals surface area contributed by atoms with Crippen LogP contribution in [0.25, 0.3) is 44.1 Å². The minimum atomic E-state index is -1.37. The largest absolute Gasteiger partial charge is 0.399 e. The first-order valence-corrected chi connectivity index (χ1v) is 42.8. The summed E-state index contributed by atoms with van der Waals surface area (Å²) in [7, 11) is 2.95. The number of nitrogen functional groups attached to an aromatic ring is 1. The molecule has 2 fully saturated rings. The summed E-state index contributed by atoms with van der Waals surface area (Å²) in [5, 5.41) is 44.7. The Kier molecular flexibility index (Phi) is 30.4. The number of halogens is 1. The van der Waals surface area contributed by atoms with Crippen molar-refractivity contribution in [3.63, 3.8) is 0 Å². The minimum absolute atomic E-state index is 0.0271. The Morgan fingerprint density at radius 1 is 0.479 bits per heavy atom. The summed E-state index contributed by atoms with van der Waals surface area (Å²) in [6, 6.07) is 68.4. The SMILES string of the molecule is BrCc1ccccc1.CC(c1ccccc1)n1c(=O)c(C#N)cc2cnc(Nc3ccc(N4CCN(C)CC4)cc3)nc21.CC(c1ccccc1)n1c(=O)c(C#N)cc2cnc(S(C)=O)nc21.CN1CCN(c2ccc(N)cc2)CC1.CSc1ncc2cc(C#N)c(=O)[nH]c2n1.CSc1ncc2cc(C#N)c(=O)n(C(C)c3ccccc3)c2n1. The van der Waals surface area contributed by atoms with Gasteiger partial charge in [0.2, 0.25) is 11.1 Å². The maximum absolute atomic E-state index is 13.2. The van der Waals surface area contributed by atoms with Crippen molar-refractivity contribution in [1.29, 1.82) is 21.0 Å². The van der Waals surface area contributed by atoms with Gasteiger partial charge in [0, 0.05) is 133 Å². The quantitative estimate of drug-likeness (QED) is 0.0394. The van der Waals surface area contributed by atoms with Gasteiger partial charge < -0.3 is 35.6 Å². The Balaban J connectivity index is 0.000000147. The Labute approximate surface area is 706 Å². The zero-order chi connectivity index (χ0) is 84.7. The number of pyridine rings is 4. The number of aromatic amines is 1. The van der Waals surface area contributed by atoms with Crippen LogP contribution in [-0.2, 0) is 16.1 Å². The van der Waals surface area contributed by atoms with Crippen molar-refractivity contribution >= 4 is 123 Å². The van der Waals surface area contributed by atoms with Gasteiger partial charge in [-0.3, -0.25) is 37.1 Å². The number of benzene rings is 6. The molecule has 8 aromatic heterocycles. The van der Waals surface area contributed by atoms with E-state index in [0.717, 1.165) is 85.8 Å². The maximum atomic E-state index is 13.2. The summed E-state index contributed by atoms with van der Waals surface area (Å²) in [4.78, 5) is 96.3. The first-order chi connectivity index (χ1) is 57.6. The van der Waals surface area contributed by atoms with Gasteiger partial charge in [-0.25, -0.2) is 34.9 Å². The van der Waals surface area contributed by atoms with E-state index >= 15 is 0 Å². The van der Waals surface area contributed by atoms with Crippen molar-refractivity contribution in [2.45, 2.75) is 59.7 Å². The second kappa shape index (κ2) is 41.6. The van der Waals surface area contributed by atoms with Crippen LogP contribution in [0.15, 0.2) is 254 Å². The van der Waals surface area contributed by atoms with Crippen molar-refractivity contribution in [1.82, 2.24) is 68.4 Å². The zero-order valence-electron chi connectivity index (χ0n) is 66.6. The molecule has 0 bridgehead atoms. The van der Waals surface area contributed by atoms with Crippen molar-refractivity contribution in [2.75, 3.05) is 106 Å². The molecule has 14 aromatic rings. The molecular weight excluding hydrogens is 1620 g/mol. The molecule has 10 heterocycles. The Morgan fingerprint density at radius 3 is 1.25 bits per heavy atom. The van der Waals surface area contributed by atoms with E-state index in [0.29, 0.717) is 60.4 Å². The van der Waals surface area contributed by atoms with Gasteiger partial charge in [0.15, 0.2) is 10.3 Å². The highest BCUT2D eigenvalue weighted by Crippen LogP contribution is 2.28. The molecule has 2 saturated heterocycles. The molecule has 0 saturated carbocycles. The maximum Gasteiger partial charge on any atom is 0.270 e. The Morgan fingerprint density at radius 2 is 0.849 bits per heavy atom. The van der Waals surface area contributed by atoms with Gasteiger partial charge in [-0.2, -0.15) is 26.0 Å². The lowest BCUT2D eigenvalue weighted by atomic mass is 10.1. The molecule has 16 rings (SSSR count). The third kappa shape index (κ3) is 22.0. The lowest BCUT2D eigenvalue weighted by Crippen LogP contribution is -2.44. The fraction of sp³-hybridized carbons (Fsp3) is 0.227. The number of alkyl halides is 1. The zero-order valence-corrected chi connectivity index (χ0v) is 70.6. The molecule has 0 spiro atoms. The molecule has 0 aliphatic carbocycles. The molecule has 27 nitrogen and oxygen atoms in total. The molecular formula is C88H85BrN22O5S3. The topological polar surface area (TPSA) is 365 Å². The lowest BCUT2D eigenvalue weighted by Gasteiger charge is -2.34. The van der Waals surface area contributed by atoms with E-state index in [1.165, 1.54) is 69.6 Å². The standard InChI is InChI=1S/C27H27N7O.C17H14N4O2S.C17H14N4OS.C11H17N3.C9H6N4OS.C7H7Br/c1-19(20-6-4-3-5-7-20)34-25-22(16-21(17-28)26(34)35)18-29-27(31-25)30-23-8-10-24(11-9-23)33-14-12-32(2)13-15-33;1-11(12-6-4-3-5-7-12)21-15-14(8-13(9-18)16(21)22)10-19-17(20-15)24(2)23;1-11(12-6-4-3-5-7-12)21-15-14(8-13(9-18)16(21)22)10-19-17(20-15)23-2;1-13-6-8-14(9-7-13)11-4-2-10(12)3-5-11;1-15-9-11-4-6-2-5(3-10)8(14)12-7(6)13-9;8-6-7-4-2-1-3-5-7/h3-11,16,18-19H,12-15H2,1-2H3,(H,29,30,31);3-8,10-11H,1-2H3;3-8,10-11H,1-2H3;2-5H,6-9,12H2,1H3;2,4H,1H3,(H,11,12,13,14);1-5H,6H2. The van der Waals surface area contributed by atoms with E-state index in [1.54, 1.807) is 39.9 Å². The third-order valence-electron chi connectivity index (χ3n) is 19.7. The van der Waals surface area contributed by atoms with Crippen LogP contribution in [0.5, 0.6) is 0 Å². The minimum Gasteiger partial charge on any atom is -0.399 e. The number of nitriles is 4. The molecule has 602 valence electrons. The van der Waals surface area contributed by atoms with E-state index in [1.807, 2.05) is 191 Å². The molecule has 4 unspecified atom stereocenters. The van der Waals surface area contributed by atoms with Crippen LogP contribution >= 0.6 is 39.5 Å². The average Bonchev–Trinajstić information content (AvgIpc) is 0.778. The van der Waals surface area contributed by atoms with Crippen LogP contribution in [0.2, 0.25) is 0 Å². The highest BCUT2D eigenvalue weighted by atomic mass is 79.9. The monoisotopic (exact) mass is 1700 g/mol. The molecule has 4 N–H and O–H groups in total. The number of nitrogens with two attached hydrogens (primary N) is 1. The number of H-pyrrole nitrogens is 1. The Hall–Kier alpha value is -13.1. The first kappa shape index (κ1) is 86.7. The molecule has 4 atom stereocenters. The number of hydrogen-bond acceptors (Lipinski definition) is 25. The van der Waals surface area contributed by atoms with Gasteiger partial charge >= 0.3 is 0 Å². The number of nitrogens with zero attached hydrogens (tertiary/aromatic N) is 19. The van der Waals surface area contributed by atoms with Gasteiger partial charge in [-0.1, -0.05) is 161 Å². The Bertz CT molecular complexity index is 6330. The summed E-state index contributed by atoms with van der Waals surface area (Å²) in [6.07, 6.45) is 11.6. The molecule has 119 heavy (non-hydrogen) atoms. The second-order valence-electron chi connectivity index (χ2n) is 27.5. The molecule has 2 aliphatic heterocycles. The molecule has 6 aromatic carbocycles. The second-order valence-corrected chi connectivity index (χ2v) is 30.9. The number of nitrogens with one attached hydrogen (secondary N) is 2. The number of rotatable bonds is 14. The summed E-state index contributed by atoms with van der Waals surface area (Å²) in [5.41, 5.74) is 14.6. The summed E-state index contributed by atoms with van der Waals surface area (Å²) < 4.78 is 16.3. The van der Waals surface area contributed by atoms with Gasteiger partial charge in [0.05, 0.1) is 28.9 Å². The van der Waals surface area contributed by atoms with Crippen molar-refractivity contribution in [2.24, 2.45) is 0 Å². The lowest BCUT2D eigenvalue weighted by molar-refractivity contribution is 0.313. The number of fused-ring (bicyclic) bond motifs is 4. The summed E-state index contributed by atoms with van der Waals surface area (Å²) in [6.45, 7) is 14.4. The summed E-state index contributed by atoms with van der Waals surface area (Å²) in [5.74, 6) is 0.392. The predicted octanol–water partition coefficient (Wildman–Crippen LogP) is 13.3. The van der Waals surface area contributed by atoms with E-state index in [2.05, 4.69) is 136 Å². The van der Waals surface area contributed by atoms with Crippen LogP contribution < -0.4 is 43.1 Å². The fourth-order valence-electron chi connectivity index (χ4n) is 13.0. The van der Waals surface area contributed by atoms with Crippen LogP contribution in [-0.4, -0.2) is 158 Å². The first-order valence-electron chi connectivity index (χ1n) is 37.7. The van der Waals surface area contributed by atoms with Gasteiger partial charge in [-0.15, -0.1) is 0 Å². The summed E-state index contributed by atoms with van der Waals surface area (Å²) >= 11 is 6.16. The van der Waals surface area contributed by atoms with E-state index < -0.39 is 21.9 Å². The van der Waals surface area contributed by atoms with E-state index in [4.69, 9.17) is 11.0 Å². The predicted molar refractivity (Wildman–Crippen MR) is 476 cm³/mol. The van der Waals surface area contributed by atoms with E-state index in [9.17, 15) is 39.2 Å².